The molecule has 1 atom stereocenters. The molecular weight excluding hydrogens is 375 g/mol. The maximum Gasteiger partial charge on any atom is 0.256 e. The maximum absolute atomic E-state index is 14.1. The number of methoxy groups -OCH3 is 1. The van der Waals surface area contributed by atoms with Crippen LogP contribution in [-0.4, -0.2) is 32.3 Å². The molecule has 0 unspecified atom stereocenters. The number of hydrogen-bond donors (Lipinski definition) is 1. The average molecular weight is 396 g/mol. The molecule has 3 aromatic rings. The fourth-order valence-electron chi connectivity index (χ4n) is 3.29. The Bertz CT molecular complexity index is 1100. The van der Waals surface area contributed by atoms with Crippen LogP contribution in [0.3, 0.4) is 0 Å². The summed E-state index contributed by atoms with van der Waals surface area (Å²) < 4.78 is 31.0. The van der Waals surface area contributed by atoms with Crippen molar-refractivity contribution in [2.75, 3.05) is 20.3 Å². The number of carbonyl (C=O) groups excluding carboxylic acids is 1. The first-order valence-electron chi connectivity index (χ1n) is 9.45. The highest BCUT2D eigenvalue weighted by molar-refractivity contribution is 5.97. The van der Waals surface area contributed by atoms with E-state index in [4.69, 9.17) is 13.9 Å². The van der Waals surface area contributed by atoms with E-state index in [-0.39, 0.29) is 28.8 Å². The number of nitrogens with zero attached hydrogens (tertiary/aromatic N) is 1. The van der Waals surface area contributed by atoms with Gasteiger partial charge in [-0.2, -0.15) is 0 Å². The maximum atomic E-state index is 14.1. The number of benzene rings is 2. The molecule has 2 aromatic carbocycles. The highest BCUT2D eigenvalue weighted by Gasteiger charge is 2.19. The molecule has 150 valence electrons. The van der Waals surface area contributed by atoms with Crippen LogP contribution in [0, 0.1) is 5.82 Å². The fraction of sp³-hybridized carbons (Fsp3) is 0.273. The normalized spacial score (nSPS) is 16.9. The van der Waals surface area contributed by atoms with Crippen molar-refractivity contribution in [1.29, 1.82) is 0 Å². The summed E-state index contributed by atoms with van der Waals surface area (Å²) in [5.74, 6) is -0.364. The summed E-state index contributed by atoms with van der Waals surface area (Å²) >= 11 is 0. The van der Waals surface area contributed by atoms with Crippen LogP contribution >= 0.6 is 0 Å². The van der Waals surface area contributed by atoms with Crippen molar-refractivity contribution < 1.29 is 23.1 Å². The lowest BCUT2D eigenvalue weighted by molar-refractivity contribution is 0.0854. The first-order valence-corrected chi connectivity index (χ1v) is 9.45. The lowest BCUT2D eigenvalue weighted by Gasteiger charge is -2.12. The number of carbonyl (C=O) groups is 1. The van der Waals surface area contributed by atoms with Crippen molar-refractivity contribution in [1.82, 2.24) is 5.32 Å². The van der Waals surface area contributed by atoms with Gasteiger partial charge in [-0.25, -0.2) is 9.38 Å². The van der Waals surface area contributed by atoms with Gasteiger partial charge in [0.2, 0.25) is 5.55 Å². The van der Waals surface area contributed by atoms with E-state index >= 15 is 0 Å². The highest BCUT2D eigenvalue weighted by atomic mass is 19.1. The number of nitrogens with one attached hydrogen (secondary N) is 1. The molecule has 0 aliphatic carbocycles. The van der Waals surface area contributed by atoms with Gasteiger partial charge < -0.3 is 19.2 Å². The van der Waals surface area contributed by atoms with Crippen LogP contribution in [0.4, 0.5) is 10.1 Å². The van der Waals surface area contributed by atoms with Crippen molar-refractivity contribution in [3.05, 3.63) is 65.5 Å². The van der Waals surface area contributed by atoms with E-state index in [1.54, 1.807) is 30.3 Å². The van der Waals surface area contributed by atoms with Gasteiger partial charge in [-0.15, -0.1) is 0 Å². The van der Waals surface area contributed by atoms with Crippen LogP contribution in [0.15, 0.2) is 57.9 Å². The van der Waals surface area contributed by atoms with Crippen molar-refractivity contribution in [2.45, 2.75) is 18.9 Å². The zero-order chi connectivity index (χ0) is 20.2. The Balaban J connectivity index is 1.80. The predicted octanol–water partition coefficient (Wildman–Crippen LogP) is 3.72. The van der Waals surface area contributed by atoms with Gasteiger partial charge in [0.05, 0.1) is 13.2 Å². The van der Waals surface area contributed by atoms with Gasteiger partial charge >= 0.3 is 0 Å². The first-order chi connectivity index (χ1) is 14.2. The molecule has 1 aliphatic heterocycles. The summed E-state index contributed by atoms with van der Waals surface area (Å²) in [7, 11) is 1.53. The Labute approximate surface area is 167 Å². The Kier molecular flexibility index (Phi) is 5.57. The molecule has 4 rings (SSSR count). The molecule has 1 N–H and O–H groups in total. The number of amides is 1. The van der Waals surface area contributed by atoms with Crippen molar-refractivity contribution >= 4 is 22.6 Å². The van der Waals surface area contributed by atoms with Crippen LogP contribution in [0.5, 0.6) is 5.75 Å². The fourth-order valence-corrected chi connectivity index (χ4v) is 3.29. The summed E-state index contributed by atoms with van der Waals surface area (Å²) in [5.41, 5.74) is 0.739. The highest BCUT2D eigenvalue weighted by Crippen LogP contribution is 2.25. The van der Waals surface area contributed by atoms with Crippen molar-refractivity contribution in [2.24, 2.45) is 4.99 Å². The molecule has 29 heavy (non-hydrogen) atoms. The van der Waals surface area contributed by atoms with E-state index < -0.39 is 5.82 Å². The van der Waals surface area contributed by atoms with Gasteiger partial charge in [-0.3, -0.25) is 4.79 Å². The van der Waals surface area contributed by atoms with E-state index in [2.05, 4.69) is 10.3 Å². The van der Waals surface area contributed by atoms with Crippen LogP contribution in [0.2, 0.25) is 0 Å². The Morgan fingerprint density at radius 3 is 2.90 bits per heavy atom. The molecule has 7 heteroatoms. The van der Waals surface area contributed by atoms with E-state index in [9.17, 15) is 9.18 Å². The third-order valence-corrected chi connectivity index (χ3v) is 4.79. The first kappa shape index (κ1) is 19.1. The quantitative estimate of drug-likeness (QED) is 0.713. The van der Waals surface area contributed by atoms with Gasteiger partial charge in [0, 0.05) is 18.5 Å². The summed E-state index contributed by atoms with van der Waals surface area (Å²) in [5, 5.41) is 3.55. The van der Waals surface area contributed by atoms with Crippen LogP contribution < -0.4 is 15.6 Å². The van der Waals surface area contributed by atoms with Crippen LogP contribution in [-0.2, 0) is 4.74 Å². The molecule has 2 heterocycles. The number of rotatable bonds is 5. The zero-order valence-electron chi connectivity index (χ0n) is 16.0. The zero-order valence-corrected chi connectivity index (χ0v) is 16.0. The van der Waals surface area contributed by atoms with Gasteiger partial charge in [0.1, 0.15) is 17.1 Å². The second kappa shape index (κ2) is 8.45. The molecule has 0 bridgehead atoms. The van der Waals surface area contributed by atoms with Crippen molar-refractivity contribution in [3.63, 3.8) is 0 Å². The van der Waals surface area contributed by atoms with Crippen LogP contribution in [0.25, 0.3) is 11.0 Å². The molecule has 1 amide bonds. The lowest BCUT2D eigenvalue weighted by atomic mass is 10.1. The van der Waals surface area contributed by atoms with E-state index in [1.165, 1.54) is 19.2 Å². The molecule has 0 radical (unpaired) electrons. The second-order valence-corrected chi connectivity index (χ2v) is 6.75. The molecule has 6 nitrogen and oxygen atoms in total. The van der Waals surface area contributed by atoms with Gasteiger partial charge in [0.25, 0.3) is 5.91 Å². The number of ether oxygens (including phenoxy) is 2. The third kappa shape index (κ3) is 4.14. The summed E-state index contributed by atoms with van der Waals surface area (Å²) in [6.45, 7) is 1.10. The molecule has 1 saturated heterocycles. The molecule has 1 fully saturated rings. The van der Waals surface area contributed by atoms with E-state index in [1.807, 2.05) is 6.07 Å². The number of para-hydroxylation sites is 2. The van der Waals surface area contributed by atoms with E-state index in [0.29, 0.717) is 29.9 Å². The molecule has 0 saturated carbocycles. The Hall–Kier alpha value is -3.19. The monoisotopic (exact) mass is 396 g/mol. The van der Waals surface area contributed by atoms with Crippen LogP contribution in [0.1, 0.15) is 23.2 Å². The smallest absolute Gasteiger partial charge is 0.256 e. The minimum absolute atomic E-state index is 0.00314. The minimum atomic E-state index is -0.506. The number of halogens is 1. The standard InChI is InChI=1S/C22H21FN2O4/c1-27-19-10-4-6-14-12-16(21(26)24-13-15-7-5-11-28-15)22(29-20(14)19)25-18-9-3-2-8-17(18)23/h2-4,6,8-10,12,15H,5,7,11,13H2,1H3,(H,24,26)/t15-/m1/s1. The molecule has 1 aliphatic rings. The SMILES string of the molecule is COc1cccc2cc(C(=O)NC[C@H]3CCCO3)c(=Nc3ccccc3F)oc12. The van der Waals surface area contributed by atoms with Gasteiger partial charge in [-0.1, -0.05) is 24.3 Å². The molecule has 0 spiro atoms. The molecular formula is C22H21FN2O4. The summed E-state index contributed by atoms with van der Waals surface area (Å²) in [6, 6.07) is 13.1. The summed E-state index contributed by atoms with van der Waals surface area (Å²) in [6.07, 6.45) is 1.90. The number of fused-ring (bicyclic) bond motifs is 1. The predicted molar refractivity (Wildman–Crippen MR) is 106 cm³/mol. The summed E-state index contributed by atoms with van der Waals surface area (Å²) in [4.78, 5) is 17.2. The average Bonchev–Trinajstić information content (AvgIpc) is 3.26. The third-order valence-electron chi connectivity index (χ3n) is 4.79. The van der Waals surface area contributed by atoms with Gasteiger partial charge in [-0.05, 0) is 37.1 Å². The Morgan fingerprint density at radius 1 is 1.28 bits per heavy atom. The van der Waals surface area contributed by atoms with Crippen molar-refractivity contribution in [3.8, 4) is 5.75 Å². The number of hydrogen-bond acceptors (Lipinski definition) is 5. The van der Waals surface area contributed by atoms with E-state index in [0.717, 1.165) is 12.8 Å². The second-order valence-electron chi connectivity index (χ2n) is 6.75. The lowest BCUT2D eigenvalue weighted by Crippen LogP contribution is -2.34. The topological polar surface area (TPSA) is 73.1 Å². The minimum Gasteiger partial charge on any atom is -0.493 e. The van der Waals surface area contributed by atoms with Gasteiger partial charge in [0.15, 0.2) is 11.3 Å². The Morgan fingerprint density at radius 2 is 2.14 bits per heavy atom. The largest absolute Gasteiger partial charge is 0.493 e. The molecule has 1 aromatic heterocycles.